The van der Waals surface area contributed by atoms with Gasteiger partial charge in [0.2, 0.25) is 5.13 Å². The van der Waals surface area contributed by atoms with E-state index in [2.05, 4.69) is 33.8 Å². The first-order chi connectivity index (χ1) is 8.59. The molecule has 18 heavy (non-hydrogen) atoms. The SMILES string of the molecule is CCC1(CC)C[C@@H]1CNC(=O)Nc1nc(C)ns1. The number of anilines is 1. The van der Waals surface area contributed by atoms with Crippen molar-refractivity contribution in [3.05, 3.63) is 5.82 Å². The number of aromatic nitrogens is 2. The second-order valence-corrected chi connectivity index (χ2v) is 5.70. The quantitative estimate of drug-likeness (QED) is 0.863. The van der Waals surface area contributed by atoms with Crippen LogP contribution in [-0.4, -0.2) is 21.9 Å². The summed E-state index contributed by atoms with van der Waals surface area (Å²) >= 11 is 1.20. The van der Waals surface area contributed by atoms with E-state index < -0.39 is 0 Å². The first-order valence-electron chi connectivity index (χ1n) is 6.45. The minimum atomic E-state index is -0.181. The van der Waals surface area contributed by atoms with E-state index in [9.17, 15) is 4.79 Å². The number of nitrogens with zero attached hydrogens (tertiary/aromatic N) is 2. The number of carbonyl (C=O) groups is 1. The van der Waals surface area contributed by atoms with Gasteiger partial charge in [-0.1, -0.05) is 26.7 Å². The molecule has 0 saturated heterocycles. The van der Waals surface area contributed by atoms with E-state index in [0.717, 1.165) is 6.54 Å². The van der Waals surface area contributed by atoms with Gasteiger partial charge in [0.05, 0.1) is 0 Å². The Hall–Kier alpha value is -1.17. The molecule has 0 unspecified atom stereocenters. The standard InChI is InChI=1S/C12H20N4OS/c1-4-12(5-2)6-9(12)7-13-10(17)15-11-14-8(3)16-18-11/h9H,4-7H2,1-3H3,(H2,13,14,15,16,17)/t9-/m1/s1. The Labute approximate surface area is 112 Å². The summed E-state index contributed by atoms with van der Waals surface area (Å²) < 4.78 is 4.01. The molecule has 1 heterocycles. The zero-order valence-electron chi connectivity index (χ0n) is 11.1. The second kappa shape index (κ2) is 5.22. The summed E-state index contributed by atoms with van der Waals surface area (Å²) in [5.41, 5.74) is 0.479. The van der Waals surface area contributed by atoms with E-state index in [1.807, 2.05) is 0 Å². The van der Waals surface area contributed by atoms with Gasteiger partial charge in [-0.25, -0.2) is 9.78 Å². The van der Waals surface area contributed by atoms with Crippen molar-refractivity contribution in [2.24, 2.45) is 11.3 Å². The van der Waals surface area contributed by atoms with Crippen LogP contribution in [0.5, 0.6) is 0 Å². The molecule has 0 radical (unpaired) electrons. The highest BCUT2D eigenvalue weighted by Crippen LogP contribution is 2.57. The van der Waals surface area contributed by atoms with E-state index in [1.54, 1.807) is 6.92 Å². The number of urea groups is 1. The van der Waals surface area contributed by atoms with Gasteiger partial charge in [0, 0.05) is 18.1 Å². The second-order valence-electron chi connectivity index (χ2n) is 4.95. The summed E-state index contributed by atoms with van der Waals surface area (Å²) in [6.07, 6.45) is 3.64. The summed E-state index contributed by atoms with van der Waals surface area (Å²) in [6.45, 7) is 7.02. The van der Waals surface area contributed by atoms with E-state index in [4.69, 9.17) is 0 Å². The van der Waals surface area contributed by atoms with Crippen molar-refractivity contribution in [2.75, 3.05) is 11.9 Å². The highest BCUT2D eigenvalue weighted by atomic mass is 32.1. The van der Waals surface area contributed by atoms with Crippen LogP contribution in [0.1, 0.15) is 38.9 Å². The van der Waals surface area contributed by atoms with Crippen molar-refractivity contribution in [2.45, 2.75) is 40.0 Å². The molecule has 100 valence electrons. The average Bonchev–Trinajstić information content (AvgIpc) is 2.94. The van der Waals surface area contributed by atoms with Crippen LogP contribution < -0.4 is 10.6 Å². The molecular formula is C12H20N4OS. The molecule has 1 aliphatic rings. The van der Waals surface area contributed by atoms with Crippen molar-refractivity contribution >= 4 is 22.7 Å². The van der Waals surface area contributed by atoms with Crippen molar-refractivity contribution in [3.8, 4) is 0 Å². The van der Waals surface area contributed by atoms with Crippen LogP contribution in [0, 0.1) is 18.3 Å². The molecule has 0 aromatic carbocycles. The Morgan fingerprint density at radius 2 is 2.22 bits per heavy atom. The van der Waals surface area contributed by atoms with Crippen LogP contribution in [0.2, 0.25) is 0 Å². The van der Waals surface area contributed by atoms with Crippen LogP contribution in [-0.2, 0) is 0 Å². The molecular weight excluding hydrogens is 248 g/mol. The predicted molar refractivity (Wildman–Crippen MR) is 72.8 cm³/mol. The highest BCUT2D eigenvalue weighted by molar-refractivity contribution is 7.09. The van der Waals surface area contributed by atoms with Gasteiger partial charge in [-0.05, 0) is 24.7 Å². The lowest BCUT2D eigenvalue weighted by molar-refractivity contribution is 0.250. The normalized spacial score (nSPS) is 20.5. The molecule has 2 N–H and O–H groups in total. The molecule has 1 aromatic rings. The Bertz CT molecular complexity index is 427. The number of hydrogen-bond acceptors (Lipinski definition) is 4. The molecule has 2 amide bonds. The molecule has 1 fully saturated rings. The third-order valence-corrected chi connectivity index (χ3v) is 4.75. The van der Waals surface area contributed by atoms with Gasteiger partial charge in [-0.15, -0.1) is 0 Å². The summed E-state index contributed by atoms with van der Waals surface area (Å²) in [5.74, 6) is 1.32. The van der Waals surface area contributed by atoms with E-state index in [1.165, 1.54) is 30.8 Å². The largest absolute Gasteiger partial charge is 0.338 e. The number of aryl methyl sites for hydroxylation is 1. The van der Waals surface area contributed by atoms with Crippen LogP contribution >= 0.6 is 11.5 Å². The van der Waals surface area contributed by atoms with Gasteiger partial charge in [0.15, 0.2) is 0 Å². The lowest BCUT2D eigenvalue weighted by Gasteiger charge is -2.12. The number of hydrogen-bond donors (Lipinski definition) is 2. The minimum Gasteiger partial charge on any atom is -0.338 e. The zero-order chi connectivity index (χ0) is 13.2. The molecule has 0 spiro atoms. The number of amides is 2. The predicted octanol–water partition coefficient (Wildman–Crippen LogP) is 2.79. The third kappa shape index (κ3) is 2.80. The van der Waals surface area contributed by atoms with Crippen molar-refractivity contribution in [3.63, 3.8) is 0 Å². The van der Waals surface area contributed by atoms with Crippen LogP contribution in [0.4, 0.5) is 9.93 Å². The van der Waals surface area contributed by atoms with Gasteiger partial charge in [-0.2, -0.15) is 4.37 Å². The lowest BCUT2D eigenvalue weighted by atomic mass is 9.97. The summed E-state index contributed by atoms with van der Waals surface area (Å²) in [7, 11) is 0. The number of nitrogens with one attached hydrogen (secondary N) is 2. The average molecular weight is 268 g/mol. The Balaban J connectivity index is 1.73. The fraction of sp³-hybridized carbons (Fsp3) is 0.750. The van der Waals surface area contributed by atoms with Crippen molar-refractivity contribution < 1.29 is 4.79 Å². The topological polar surface area (TPSA) is 66.9 Å². The summed E-state index contributed by atoms with van der Waals surface area (Å²) in [4.78, 5) is 15.7. The monoisotopic (exact) mass is 268 g/mol. The van der Waals surface area contributed by atoms with Crippen molar-refractivity contribution in [1.82, 2.24) is 14.7 Å². The maximum absolute atomic E-state index is 11.7. The van der Waals surface area contributed by atoms with Crippen LogP contribution in [0.15, 0.2) is 0 Å². The molecule has 1 aromatic heterocycles. The zero-order valence-corrected chi connectivity index (χ0v) is 11.9. The first kappa shape index (κ1) is 13.3. The maximum Gasteiger partial charge on any atom is 0.321 e. The summed E-state index contributed by atoms with van der Waals surface area (Å²) in [6, 6.07) is -0.181. The van der Waals surface area contributed by atoms with Gasteiger partial charge in [0.1, 0.15) is 5.82 Å². The Kier molecular flexibility index (Phi) is 3.85. The molecule has 0 bridgehead atoms. The smallest absolute Gasteiger partial charge is 0.321 e. The number of carbonyl (C=O) groups excluding carboxylic acids is 1. The van der Waals surface area contributed by atoms with E-state index >= 15 is 0 Å². The van der Waals surface area contributed by atoms with Gasteiger partial charge >= 0.3 is 6.03 Å². The molecule has 0 aliphatic heterocycles. The third-order valence-electron chi connectivity index (χ3n) is 4.02. The van der Waals surface area contributed by atoms with Gasteiger partial charge in [-0.3, -0.25) is 5.32 Å². The highest BCUT2D eigenvalue weighted by Gasteiger charge is 2.50. The minimum absolute atomic E-state index is 0.181. The Morgan fingerprint density at radius 1 is 1.50 bits per heavy atom. The molecule has 2 rings (SSSR count). The fourth-order valence-electron chi connectivity index (χ4n) is 2.54. The van der Waals surface area contributed by atoms with Crippen molar-refractivity contribution in [1.29, 1.82) is 0 Å². The Morgan fingerprint density at radius 3 is 2.72 bits per heavy atom. The first-order valence-corrected chi connectivity index (χ1v) is 7.22. The number of rotatable bonds is 5. The maximum atomic E-state index is 11.7. The lowest BCUT2D eigenvalue weighted by Crippen LogP contribution is -2.31. The van der Waals surface area contributed by atoms with Crippen LogP contribution in [0.3, 0.4) is 0 Å². The summed E-state index contributed by atoms with van der Waals surface area (Å²) in [5, 5.41) is 6.17. The molecule has 1 aliphatic carbocycles. The van der Waals surface area contributed by atoms with E-state index in [0.29, 0.717) is 22.3 Å². The van der Waals surface area contributed by atoms with Crippen LogP contribution in [0.25, 0.3) is 0 Å². The van der Waals surface area contributed by atoms with E-state index in [-0.39, 0.29) is 6.03 Å². The molecule has 5 nitrogen and oxygen atoms in total. The van der Waals surface area contributed by atoms with Gasteiger partial charge < -0.3 is 5.32 Å². The molecule has 1 atom stereocenters. The molecule has 6 heteroatoms. The molecule has 1 saturated carbocycles. The van der Waals surface area contributed by atoms with Gasteiger partial charge in [0.25, 0.3) is 0 Å². The fourth-order valence-corrected chi connectivity index (χ4v) is 3.11.